The van der Waals surface area contributed by atoms with Gasteiger partial charge in [-0.25, -0.2) is 0 Å². The largest absolute Gasteiger partial charge is 0.496 e. The molecule has 6 heteroatoms. The lowest BCUT2D eigenvalue weighted by Crippen LogP contribution is -2.22. The summed E-state index contributed by atoms with van der Waals surface area (Å²) in [5.41, 5.74) is 1.31. The van der Waals surface area contributed by atoms with Gasteiger partial charge in [-0.1, -0.05) is 17.7 Å². The van der Waals surface area contributed by atoms with Crippen molar-refractivity contribution < 1.29 is 14.3 Å². The van der Waals surface area contributed by atoms with E-state index < -0.39 is 0 Å². The maximum atomic E-state index is 12.4. The topological polar surface area (TPSA) is 67.4 Å². The van der Waals surface area contributed by atoms with Crippen molar-refractivity contribution in [3.63, 3.8) is 0 Å². The molecule has 2 aromatic carbocycles. The molecule has 0 aliphatic heterocycles. The van der Waals surface area contributed by atoms with Gasteiger partial charge in [0.05, 0.1) is 12.7 Å². The lowest BCUT2D eigenvalue weighted by atomic mass is 10.1. The molecule has 2 N–H and O–H groups in total. The maximum Gasteiger partial charge on any atom is 0.259 e. The minimum atomic E-state index is -0.364. The molecule has 23 heavy (non-hydrogen) atoms. The standard InChI is InChI=1S/C17H17ClN2O3/c1-3-19-16(21)11-5-4-6-13(9-11)20-17(22)14-10-12(18)7-8-15(14)23-2/h4-10H,3H2,1-2H3,(H,19,21)(H,20,22). The molecule has 2 aromatic rings. The molecule has 0 saturated heterocycles. The van der Waals surface area contributed by atoms with Crippen molar-refractivity contribution in [2.45, 2.75) is 6.92 Å². The number of nitrogens with one attached hydrogen (secondary N) is 2. The second-order valence-electron chi connectivity index (χ2n) is 4.74. The summed E-state index contributed by atoms with van der Waals surface area (Å²) in [4.78, 5) is 24.2. The highest BCUT2D eigenvalue weighted by atomic mass is 35.5. The van der Waals surface area contributed by atoms with Crippen molar-refractivity contribution in [2.24, 2.45) is 0 Å². The molecule has 0 saturated carbocycles. The van der Waals surface area contributed by atoms with Crippen LogP contribution >= 0.6 is 11.6 Å². The zero-order chi connectivity index (χ0) is 16.8. The van der Waals surface area contributed by atoms with Crippen LogP contribution in [0.5, 0.6) is 5.75 Å². The zero-order valence-corrected chi connectivity index (χ0v) is 13.6. The normalized spacial score (nSPS) is 10.0. The van der Waals surface area contributed by atoms with E-state index in [1.54, 1.807) is 36.4 Å². The van der Waals surface area contributed by atoms with E-state index in [9.17, 15) is 9.59 Å². The number of ether oxygens (including phenoxy) is 1. The number of anilines is 1. The minimum absolute atomic E-state index is 0.191. The van der Waals surface area contributed by atoms with Crippen LogP contribution in [0, 0.1) is 0 Å². The van der Waals surface area contributed by atoms with E-state index in [0.29, 0.717) is 34.1 Å². The summed E-state index contributed by atoms with van der Waals surface area (Å²) in [7, 11) is 1.48. The van der Waals surface area contributed by atoms with Gasteiger partial charge in [0.2, 0.25) is 0 Å². The molecule has 2 rings (SSSR count). The third kappa shape index (κ3) is 4.23. The second kappa shape index (κ2) is 7.65. The fourth-order valence-electron chi connectivity index (χ4n) is 2.06. The van der Waals surface area contributed by atoms with Gasteiger partial charge in [0.15, 0.2) is 0 Å². The molecule has 0 radical (unpaired) electrons. The Morgan fingerprint density at radius 3 is 2.61 bits per heavy atom. The number of benzene rings is 2. The van der Waals surface area contributed by atoms with Gasteiger partial charge in [-0.15, -0.1) is 0 Å². The summed E-state index contributed by atoms with van der Waals surface area (Å²) in [5, 5.41) is 5.89. The van der Waals surface area contributed by atoms with Gasteiger partial charge in [-0.2, -0.15) is 0 Å². The van der Waals surface area contributed by atoms with Crippen molar-refractivity contribution in [1.82, 2.24) is 5.32 Å². The van der Waals surface area contributed by atoms with Crippen LogP contribution in [0.1, 0.15) is 27.6 Å². The molecular formula is C17H17ClN2O3. The lowest BCUT2D eigenvalue weighted by Gasteiger charge is -2.10. The zero-order valence-electron chi connectivity index (χ0n) is 12.9. The number of carbonyl (C=O) groups excluding carboxylic acids is 2. The quantitative estimate of drug-likeness (QED) is 0.882. The van der Waals surface area contributed by atoms with Crippen LogP contribution in [-0.4, -0.2) is 25.5 Å². The summed E-state index contributed by atoms with van der Waals surface area (Å²) in [5.74, 6) is -0.131. The Hall–Kier alpha value is -2.53. The molecule has 120 valence electrons. The highest BCUT2D eigenvalue weighted by molar-refractivity contribution is 6.31. The van der Waals surface area contributed by atoms with E-state index in [2.05, 4.69) is 10.6 Å². The SMILES string of the molecule is CCNC(=O)c1cccc(NC(=O)c2cc(Cl)ccc2OC)c1. The Kier molecular flexibility index (Phi) is 5.60. The van der Waals surface area contributed by atoms with Crippen molar-refractivity contribution in [3.05, 3.63) is 58.6 Å². The van der Waals surface area contributed by atoms with E-state index in [0.717, 1.165) is 0 Å². The molecule has 0 unspecified atom stereocenters. The summed E-state index contributed by atoms with van der Waals surface area (Å²) in [6.45, 7) is 2.38. The molecule has 5 nitrogen and oxygen atoms in total. The molecule has 0 aliphatic carbocycles. The Bertz CT molecular complexity index is 732. The van der Waals surface area contributed by atoms with Crippen LogP contribution in [0.4, 0.5) is 5.69 Å². The summed E-state index contributed by atoms with van der Waals surface area (Å²) >= 11 is 5.93. The molecule has 0 aliphatic rings. The summed E-state index contributed by atoms with van der Waals surface area (Å²) in [6, 6.07) is 11.5. The maximum absolute atomic E-state index is 12.4. The highest BCUT2D eigenvalue weighted by Crippen LogP contribution is 2.24. The van der Waals surface area contributed by atoms with Gasteiger partial charge in [0, 0.05) is 22.8 Å². The molecule has 0 heterocycles. The van der Waals surface area contributed by atoms with Crippen molar-refractivity contribution >= 4 is 29.1 Å². The molecular weight excluding hydrogens is 316 g/mol. The van der Waals surface area contributed by atoms with Crippen LogP contribution in [0.25, 0.3) is 0 Å². The van der Waals surface area contributed by atoms with E-state index in [4.69, 9.17) is 16.3 Å². The average molecular weight is 333 g/mol. The number of hydrogen-bond acceptors (Lipinski definition) is 3. The number of amides is 2. The number of methoxy groups -OCH3 is 1. The number of hydrogen-bond donors (Lipinski definition) is 2. The van der Waals surface area contributed by atoms with E-state index in [-0.39, 0.29) is 11.8 Å². The molecule has 0 bridgehead atoms. The van der Waals surface area contributed by atoms with Gasteiger partial charge < -0.3 is 15.4 Å². The van der Waals surface area contributed by atoms with Gasteiger partial charge in [-0.05, 0) is 43.3 Å². The first-order chi connectivity index (χ1) is 11.0. The first kappa shape index (κ1) is 16.8. The fourth-order valence-corrected chi connectivity index (χ4v) is 2.23. The van der Waals surface area contributed by atoms with Gasteiger partial charge >= 0.3 is 0 Å². The fraction of sp³-hybridized carbons (Fsp3) is 0.176. The Morgan fingerprint density at radius 1 is 1.13 bits per heavy atom. The van der Waals surface area contributed by atoms with E-state index >= 15 is 0 Å². The third-order valence-electron chi connectivity index (χ3n) is 3.13. The lowest BCUT2D eigenvalue weighted by molar-refractivity contribution is 0.0954. The second-order valence-corrected chi connectivity index (χ2v) is 5.18. The third-order valence-corrected chi connectivity index (χ3v) is 3.36. The first-order valence-electron chi connectivity index (χ1n) is 7.08. The van der Waals surface area contributed by atoms with Crippen LogP contribution in [0.2, 0.25) is 5.02 Å². The Balaban J connectivity index is 2.22. The van der Waals surface area contributed by atoms with Crippen molar-refractivity contribution in [3.8, 4) is 5.75 Å². The number of carbonyl (C=O) groups is 2. The molecule has 0 atom stereocenters. The predicted molar refractivity (Wildman–Crippen MR) is 90.4 cm³/mol. The summed E-state index contributed by atoms with van der Waals surface area (Å²) in [6.07, 6.45) is 0. The highest BCUT2D eigenvalue weighted by Gasteiger charge is 2.14. The van der Waals surface area contributed by atoms with Crippen LogP contribution in [0.3, 0.4) is 0 Å². The Morgan fingerprint density at radius 2 is 1.91 bits per heavy atom. The summed E-state index contributed by atoms with van der Waals surface area (Å²) < 4.78 is 5.17. The van der Waals surface area contributed by atoms with Crippen LogP contribution in [0.15, 0.2) is 42.5 Å². The molecule has 0 spiro atoms. The number of rotatable bonds is 5. The Labute approximate surface area is 139 Å². The minimum Gasteiger partial charge on any atom is -0.496 e. The average Bonchev–Trinajstić information content (AvgIpc) is 2.55. The van der Waals surface area contributed by atoms with Crippen LogP contribution < -0.4 is 15.4 Å². The van der Waals surface area contributed by atoms with Gasteiger partial charge in [-0.3, -0.25) is 9.59 Å². The number of halogens is 1. The molecule has 0 fully saturated rings. The molecule has 0 aromatic heterocycles. The van der Waals surface area contributed by atoms with Crippen LogP contribution in [-0.2, 0) is 0 Å². The van der Waals surface area contributed by atoms with Gasteiger partial charge in [0.1, 0.15) is 5.75 Å². The monoisotopic (exact) mass is 332 g/mol. The first-order valence-corrected chi connectivity index (χ1v) is 7.46. The van der Waals surface area contributed by atoms with E-state index in [1.807, 2.05) is 6.92 Å². The van der Waals surface area contributed by atoms with Crippen molar-refractivity contribution in [2.75, 3.05) is 19.0 Å². The predicted octanol–water partition coefficient (Wildman–Crippen LogP) is 3.35. The van der Waals surface area contributed by atoms with E-state index in [1.165, 1.54) is 13.2 Å². The van der Waals surface area contributed by atoms with Crippen molar-refractivity contribution in [1.29, 1.82) is 0 Å². The molecule has 2 amide bonds. The van der Waals surface area contributed by atoms with Gasteiger partial charge in [0.25, 0.3) is 11.8 Å². The smallest absolute Gasteiger partial charge is 0.259 e.